The Bertz CT molecular complexity index is 415. The lowest BCUT2D eigenvalue weighted by atomic mass is 9.97. The Morgan fingerprint density at radius 1 is 1.17 bits per heavy atom. The van der Waals surface area contributed by atoms with E-state index in [9.17, 15) is 13.2 Å². The zero-order valence-corrected chi connectivity index (χ0v) is 10.3. The molecule has 0 bridgehead atoms. The summed E-state index contributed by atoms with van der Waals surface area (Å²) in [6, 6.07) is 2.18. The van der Waals surface area contributed by atoms with Gasteiger partial charge >= 0.3 is 0 Å². The number of piperidine rings is 1. The van der Waals surface area contributed by atoms with Gasteiger partial charge in [-0.2, -0.15) is 0 Å². The van der Waals surface area contributed by atoms with Gasteiger partial charge in [0, 0.05) is 6.54 Å². The Hall–Kier alpha value is -1.23. The molecule has 1 aromatic carbocycles. The fourth-order valence-electron chi connectivity index (χ4n) is 2.18. The Balaban J connectivity index is 1.92. The van der Waals surface area contributed by atoms with Crippen LogP contribution in [0.25, 0.3) is 0 Å². The van der Waals surface area contributed by atoms with Gasteiger partial charge in [0.15, 0.2) is 17.5 Å². The van der Waals surface area contributed by atoms with Gasteiger partial charge in [-0.05, 0) is 51.0 Å². The first-order valence-corrected chi connectivity index (χ1v) is 6.14. The van der Waals surface area contributed by atoms with Crippen LogP contribution in [0.1, 0.15) is 12.8 Å². The smallest absolute Gasteiger partial charge is 0.196 e. The van der Waals surface area contributed by atoms with Crippen molar-refractivity contribution in [3.8, 4) is 0 Å². The maximum absolute atomic E-state index is 13.4. The first kappa shape index (κ1) is 13.2. The van der Waals surface area contributed by atoms with Gasteiger partial charge in [0.25, 0.3) is 0 Å². The number of benzene rings is 1. The number of hydrogen-bond acceptors (Lipinski definition) is 2. The summed E-state index contributed by atoms with van der Waals surface area (Å²) in [5.74, 6) is -3.25. The monoisotopic (exact) mass is 258 g/mol. The summed E-state index contributed by atoms with van der Waals surface area (Å²) in [4.78, 5) is 2.24. The normalized spacial score (nSPS) is 18.0. The second-order valence-corrected chi connectivity index (χ2v) is 4.85. The van der Waals surface area contributed by atoms with E-state index in [2.05, 4.69) is 17.3 Å². The number of hydrogen-bond donors (Lipinski definition) is 1. The van der Waals surface area contributed by atoms with Crippen LogP contribution < -0.4 is 5.32 Å². The van der Waals surface area contributed by atoms with Crippen molar-refractivity contribution in [2.24, 2.45) is 5.92 Å². The molecule has 2 rings (SSSR count). The van der Waals surface area contributed by atoms with Crippen LogP contribution in [-0.2, 0) is 0 Å². The van der Waals surface area contributed by atoms with E-state index in [1.165, 1.54) is 6.07 Å². The van der Waals surface area contributed by atoms with Crippen molar-refractivity contribution in [1.29, 1.82) is 0 Å². The van der Waals surface area contributed by atoms with E-state index in [1.54, 1.807) is 0 Å². The van der Waals surface area contributed by atoms with Gasteiger partial charge in [0.2, 0.25) is 0 Å². The van der Waals surface area contributed by atoms with Crippen LogP contribution in [0.2, 0.25) is 0 Å². The number of anilines is 1. The number of nitrogens with zero attached hydrogens (tertiary/aromatic N) is 1. The lowest BCUT2D eigenvalue weighted by Gasteiger charge is -2.29. The molecule has 0 spiro atoms. The number of likely N-dealkylation sites (tertiary alicyclic amines) is 1. The average Bonchev–Trinajstić information content (AvgIpc) is 2.37. The van der Waals surface area contributed by atoms with Crippen molar-refractivity contribution < 1.29 is 13.2 Å². The van der Waals surface area contributed by atoms with Crippen LogP contribution >= 0.6 is 0 Å². The van der Waals surface area contributed by atoms with Crippen LogP contribution in [0.3, 0.4) is 0 Å². The zero-order valence-electron chi connectivity index (χ0n) is 10.3. The minimum Gasteiger partial charge on any atom is -0.382 e. The molecule has 100 valence electrons. The SMILES string of the molecule is CN1CCC(CNc2ccc(F)c(F)c2F)CC1. The maximum Gasteiger partial charge on any atom is 0.196 e. The molecule has 0 aliphatic carbocycles. The van der Waals surface area contributed by atoms with Crippen molar-refractivity contribution in [3.63, 3.8) is 0 Å². The predicted molar refractivity (Wildman–Crippen MR) is 65.0 cm³/mol. The van der Waals surface area contributed by atoms with Crippen molar-refractivity contribution in [3.05, 3.63) is 29.6 Å². The van der Waals surface area contributed by atoms with E-state index in [0.717, 1.165) is 32.0 Å². The molecule has 0 amide bonds. The lowest BCUT2D eigenvalue weighted by Crippen LogP contribution is -2.33. The van der Waals surface area contributed by atoms with Crippen LogP contribution in [0.5, 0.6) is 0 Å². The summed E-state index contributed by atoms with van der Waals surface area (Å²) in [6.07, 6.45) is 2.07. The lowest BCUT2D eigenvalue weighted by molar-refractivity contribution is 0.226. The van der Waals surface area contributed by atoms with Gasteiger partial charge < -0.3 is 10.2 Å². The van der Waals surface area contributed by atoms with E-state index in [-0.39, 0.29) is 5.69 Å². The Labute approximate surface area is 105 Å². The highest BCUT2D eigenvalue weighted by Gasteiger charge is 2.18. The Kier molecular flexibility index (Phi) is 4.11. The number of halogens is 3. The molecule has 2 nitrogen and oxygen atoms in total. The highest BCUT2D eigenvalue weighted by atomic mass is 19.2. The molecular weight excluding hydrogens is 241 g/mol. The van der Waals surface area contributed by atoms with E-state index >= 15 is 0 Å². The topological polar surface area (TPSA) is 15.3 Å². The summed E-state index contributed by atoms with van der Waals surface area (Å²) in [5, 5.41) is 2.87. The zero-order chi connectivity index (χ0) is 13.1. The molecule has 5 heteroatoms. The fraction of sp³-hybridized carbons (Fsp3) is 0.538. The summed E-state index contributed by atoms with van der Waals surface area (Å²) in [6.45, 7) is 2.63. The van der Waals surface area contributed by atoms with Crippen LogP contribution in [0.4, 0.5) is 18.9 Å². The Morgan fingerprint density at radius 3 is 2.50 bits per heavy atom. The third kappa shape index (κ3) is 2.96. The quantitative estimate of drug-likeness (QED) is 0.839. The van der Waals surface area contributed by atoms with E-state index in [0.29, 0.717) is 12.5 Å². The van der Waals surface area contributed by atoms with Gasteiger partial charge in [0.1, 0.15) is 0 Å². The molecule has 0 aromatic heterocycles. The van der Waals surface area contributed by atoms with Crippen molar-refractivity contribution in [2.75, 3.05) is 32.0 Å². The second kappa shape index (κ2) is 5.61. The maximum atomic E-state index is 13.4. The number of rotatable bonds is 3. The second-order valence-electron chi connectivity index (χ2n) is 4.85. The van der Waals surface area contributed by atoms with Gasteiger partial charge in [0.05, 0.1) is 5.69 Å². The fourth-order valence-corrected chi connectivity index (χ4v) is 2.18. The highest BCUT2D eigenvalue weighted by Crippen LogP contribution is 2.22. The van der Waals surface area contributed by atoms with Crippen molar-refractivity contribution in [1.82, 2.24) is 4.90 Å². The molecule has 1 fully saturated rings. The van der Waals surface area contributed by atoms with Crippen LogP contribution in [-0.4, -0.2) is 31.6 Å². The molecule has 0 radical (unpaired) electrons. The Morgan fingerprint density at radius 2 is 1.83 bits per heavy atom. The molecule has 1 aliphatic heterocycles. The van der Waals surface area contributed by atoms with Crippen molar-refractivity contribution in [2.45, 2.75) is 12.8 Å². The van der Waals surface area contributed by atoms with Crippen molar-refractivity contribution >= 4 is 5.69 Å². The van der Waals surface area contributed by atoms with Gasteiger partial charge in [-0.3, -0.25) is 0 Å². The molecular formula is C13H17F3N2. The molecule has 1 aromatic rings. The predicted octanol–water partition coefficient (Wildman–Crippen LogP) is 2.86. The summed E-state index contributed by atoms with van der Waals surface area (Å²) < 4.78 is 39.2. The highest BCUT2D eigenvalue weighted by molar-refractivity contribution is 5.45. The van der Waals surface area contributed by atoms with Crippen LogP contribution in [0, 0.1) is 23.4 Å². The van der Waals surface area contributed by atoms with E-state index in [1.807, 2.05) is 0 Å². The average molecular weight is 258 g/mol. The van der Waals surface area contributed by atoms with Gasteiger partial charge in [-0.15, -0.1) is 0 Å². The molecule has 1 saturated heterocycles. The third-order valence-electron chi connectivity index (χ3n) is 3.45. The molecule has 18 heavy (non-hydrogen) atoms. The van der Waals surface area contributed by atoms with E-state index in [4.69, 9.17) is 0 Å². The largest absolute Gasteiger partial charge is 0.382 e. The molecule has 0 atom stereocenters. The minimum absolute atomic E-state index is 0.0350. The summed E-state index contributed by atoms with van der Waals surface area (Å²) >= 11 is 0. The number of nitrogens with one attached hydrogen (secondary N) is 1. The minimum atomic E-state index is -1.41. The van der Waals surface area contributed by atoms with Gasteiger partial charge in [-0.1, -0.05) is 0 Å². The molecule has 1 heterocycles. The molecule has 0 unspecified atom stereocenters. The first-order valence-electron chi connectivity index (χ1n) is 6.14. The molecule has 1 N–H and O–H groups in total. The summed E-state index contributed by atoms with van der Waals surface area (Å²) in [7, 11) is 2.07. The van der Waals surface area contributed by atoms with E-state index < -0.39 is 17.5 Å². The molecule has 0 saturated carbocycles. The molecule has 1 aliphatic rings. The first-order chi connectivity index (χ1) is 8.58. The summed E-state index contributed by atoms with van der Waals surface area (Å²) in [5.41, 5.74) is 0.0350. The standard InChI is InChI=1S/C13H17F3N2/c1-18-6-4-9(5-7-18)8-17-11-3-2-10(14)12(15)13(11)16/h2-3,9,17H,4-8H2,1H3. The third-order valence-corrected chi connectivity index (χ3v) is 3.45. The van der Waals surface area contributed by atoms with Crippen LogP contribution in [0.15, 0.2) is 12.1 Å². The van der Waals surface area contributed by atoms with Gasteiger partial charge in [-0.25, -0.2) is 13.2 Å².